The van der Waals surface area contributed by atoms with Gasteiger partial charge in [0.25, 0.3) is 5.91 Å². The molecule has 1 amide bonds. The highest BCUT2D eigenvalue weighted by Gasteiger charge is 2.21. The number of amides is 1. The minimum Gasteiger partial charge on any atom is -0.393 e. The molecule has 0 aliphatic rings. The molecule has 0 aliphatic heterocycles. The summed E-state index contributed by atoms with van der Waals surface area (Å²) < 4.78 is 0. The summed E-state index contributed by atoms with van der Waals surface area (Å²) in [7, 11) is 0. The maximum absolute atomic E-state index is 11.8. The van der Waals surface area contributed by atoms with Crippen molar-refractivity contribution in [2.75, 3.05) is 13.2 Å². The highest BCUT2D eigenvalue weighted by Crippen LogP contribution is 2.06. The van der Waals surface area contributed by atoms with Crippen LogP contribution in [0.1, 0.15) is 28.7 Å². The summed E-state index contributed by atoms with van der Waals surface area (Å²) in [5, 5.41) is 28.6. The molecule has 6 nitrogen and oxygen atoms in total. The summed E-state index contributed by atoms with van der Waals surface area (Å²) in [6.45, 7) is 4.43. The Labute approximate surface area is 99.7 Å². The van der Waals surface area contributed by atoms with E-state index in [1.807, 2.05) is 0 Å². The van der Waals surface area contributed by atoms with Crippen LogP contribution in [0.15, 0.2) is 6.07 Å². The lowest BCUT2D eigenvalue weighted by Gasteiger charge is -2.20. The molecule has 6 heteroatoms. The van der Waals surface area contributed by atoms with Gasteiger partial charge in [-0.1, -0.05) is 0 Å². The number of aromatic nitrogens is 2. The molecule has 0 aliphatic carbocycles. The zero-order valence-electron chi connectivity index (χ0n) is 10.2. The summed E-state index contributed by atoms with van der Waals surface area (Å²) in [5.74, 6) is -0.339. The molecule has 0 spiro atoms. The van der Waals surface area contributed by atoms with Crippen LogP contribution in [-0.2, 0) is 0 Å². The fourth-order valence-electron chi connectivity index (χ4n) is 1.20. The molecule has 3 N–H and O–H groups in total. The van der Waals surface area contributed by atoms with Gasteiger partial charge in [-0.2, -0.15) is 10.2 Å². The second kappa shape index (κ2) is 5.20. The molecule has 0 aromatic carbocycles. The van der Waals surface area contributed by atoms with Crippen molar-refractivity contribution in [2.24, 2.45) is 0 Å². The van der Waals surface area contributed by atoms with E-state index in [4.69, 9.17) is 5.11 Å². The van der Waals surface area contributed by atoms with Gasteiger partial charge in [0, 0.05) is 6.54 Å². The third kappa shape index (κ3) is 3.76. The van der Waals surface area contributed by atoms with Crippen molar-refractivity contribution >= 4 is 5.91 Å². The van der Waals surface area contributed by atoms with Crippen LogP contribution in [0.25, 0.3) is 0 Å². The maximum atomic E-state index is 11.8. The third-order valence-corrected chi connectivity index (χ3v) is 2.32. The molecule has 1 atom stereocenters. The SMILES string of the molecule is Cc1cc(C(=O)NCC(C)(O)CO)c(C)nn1. The largest absolute Gasteiger partial charge is 0.393 e. The second-order valence-electron chi connectivity index (χ2n) is 4.32. The van der Waals surface area contributed by atoms with Crippen LogP contribution in [0.4, 0.5) is 0 Å². The van der Waals surface area contributed by atoms with Gasteiger partial charge in [-0.05, 0) is 26.8 Å². The topological polar surface area (TPSA) is 95.3 Å². The molecule has 0 fully saturated rings. The van der Waals surface area contributed by atoms with Crippen molar-refractivity contribution in [1.82, 2.24) is 15.5 Å². The molecule has 17 heavy (non-hydrogen) atoms. The predicted octanol–water partition coefficient (Wildman–Crippen LogP) is -0.433. The van der Waals surface area contributed by atoms with Crippen LogP contribution in [0.3, 0.4) is 0 Å². The highest BCUT2D eigenvalue weighted by molar-refractivity contribution is 5.95. The van der Waals surface area contributed by atoms with Gasteiger partial charge in [0.1, 0.15) is 5.60 Å². The summed E-state index contributed by atoms with van der Waals surface area (Å²) in [6, 6.07) is 1.63. The van der Waals surface area contributed by atoms with E-state index in [9.17, 15) is 9.90 Å². The predicted molar refractivity (Wildman–Crippen MR) is 61.5 cm³/mol. The van der Waals surface area contributed by atoms with Gasteiger partial charge in [0.2, 0.25) is 0 Å². The number of carbonyl (C=O) groups excluding carboxylic acids is 1. The van der Waals surface area contributed by atoms with E-state index in [0.717, 1.165) is 0 Å². The Balaban J connectivity index is 2.74. The van der Waals surface area contributed by atoms with Gasteiger partial charge in [0.15, 0.2) is 0 Å². The Kier molecular flexibility index (Phi) is 4.14. The van der Waals surface area contributed by atoms with Crippen LogP contribution in [-0.4, -0.2) is 45.1 Å². The normalized spacial score (nSPS) is 14.2. The summed E-state index contributed by atoms with van der Waals surface area (Å²) in [6.07, 6.45) is 0. The monoisotopic (exact) mass is 239 g/mol. The fourth-order valence-corrected chi connectivity index (χ4v) is 1.20. The van der Waals surface area contributed by atoms with Gasteiger partial charge < -0.3 is 15.5 Å². The molecule has 0 saturated heterocycles. The number of aryl methyl sites for hydroxylation is 2. The van der Waals surface area contributed by atoms with E-state index in [1.165, 1.54) is 6.92 Å². The maximum Gasteiger partial charge on any atom is 0.253 e. The van der Waals surface area contributed by atoms with Crippen LogP contribution >= 0.6 is 0 Å². The number of nitrogens with one attached hydrogen (secondary N) is 1. The second-order valence-corrected chi connectivity index (χ2v) is 4.32. The van der Waals surface area contributed by atoms with E-state index < -0.39 is 12.2 Å². The molecule has 1 rings (SSSR count). The number of rotatable bonds is 4. The number of hydrogen-bond acceptors (Lipinski definition) is 5. The van der Waals surface area contributed by atoms with Gasteiger partial charge >= 0.3 is 0 Å². The highest BCUT2D eigenvalue weighted by atomic mass is 16.3. The van der Waals surface area contributed by atoms with Crippen molar-refractivity contribution in [1.29, 1.82) is 0 Å². The lowest BCUT2D eigenvalue weighted by molar-refractivity contribution is 0.00319. The molecule has 1 heterocycles. The van der Waals surface area contributed by atoms with Gasteiger partial charge in [-0.15, -0.1) is 0 Å². The van der Waals surface area contributed by atoms with E-state index >= 15 is 0 Å². The Bertz CT molecular complexity index is 418. The lowest BCUT2D eigenvalue weighted by atomic mass is 10.1. The fraction of sp³-hybridized carbons (Fsp3) is 0.545. The van der Waals surface area contributed by atoms with Crippen molar-refractivity contribution in [3.05, 3.63) is 23.0 Å². The molecule has 0 saturated carbocycles. The Morgan fingerprint density at radius 2 is 2.12 bits per heavy atom. The van der Waals surface area contributed by atoms with E-state index in [0.29, 0.717) is 17.0 Å². The average molecular weight is 239 g/mol. The van der Waals surface area contributed by atoms with Gasteiger partial charge in [-0.3, -0.25) is 4.79 Å². The molecule has 94 valence electrons. The molecule has 1 aromatic heterocycles. The zero-order valence-corrected chi connectivity index (χ0v) is 10.2. The minimum absolute atomic E-state index is 0.0247. The zero-order chi connectivity index (χ0) is 13.1. The standard InChI is InChI=1S/C11H17N3O3/c1-7-4-9(8(2)14-13-7)10(16)12-5-11(3,17)6-15/h4,15,17H,5-6H2,1-3H3,(H,12,16). The van der Waals surface area contributed by atoms with Crippen molar-refractivity contribution < 1.29 is 15.0 Å². The lowest BCUT2D eigenvalue weighted by Crippen LogP contribution is -2.43. The molecule has 1 aromatic rings. The summed E-state index contributed by atoms with van der Waals surface area (Å²) in [4.78, 5) is 11.8. The van der Waals surface area contributed by atoms with Crippen LogP contribution in [0.5, 0.6) is 0 Å². The first kappa shape index (κ1) is 13.5. The van der Waals surface area contributed by atoms with Crippen LogP contribution in [0.2, 0.25) is 0 Å². The molecule has 1 unspecified atom stereocenters. The first-order valence-electron chi connectivity index (χ1n) is 5.28. The van der Waals surface area contributed by atoms with Crippen molar-refractivity contribution in [3.8, 4) is 0 Å². The molecule has 0 bridgehead atoms. The number of aliphatic hydroxyl groups excluding tert-OH is 1. The van der Waals surface area contributed by atoms with Crippen LogP contribution < -0.4 is 5.32 Å². The Morgan fingerprint density at radius 3 is 2.71 bits per heavy atom. The smallest absolute Gasteiger partial charge is 0.253 e. The first-order valence-corrected chi connectivity index (χ1v) is 5.28. The third-order valence-electron chi connectivity index (χ3n) is 2.32. The van der Waals surface area contributed by atoms with E-state index in [1.54, 1.807) is 19.9 Å². The number of aliphatic hydroxyl groups is 2. The van der Waals surface area contributed by atoms with Gasteiger partial charge in [-0.25, -0.2) is 0 Å². The first-order chi connectivity index (χ1) is 7.85. The van der Waals surface area contributed by atoms with E-state index in [-0.39, 0.29) is 12.5 Å². The molecular weight excluding hydrogens is 222 g/mol. The van der Waals surface area contributed by atoms with Crippen LogP contribution in [0, 0.1) is 13.8 Å². The van der Waals surface area contributed by atoms with Crippen molar-refractivity contribution in [3.63, 3.8) is 0 Å². The Morgan fingerprint density at radius 1 is 1.47 bits per heavy atom. The number of hydrogen-bond donors (Lipinski definition) is 3. The molecule has 0 radical (unpaired) electrons. The van der Waals surface area contributed by atoms with Gasteiger partial charge in [0.05, 0.1) is 23.6 Å². The quantitative estimate of drug-likeness (QED) is 0.662. The summed E-state index contributed by atoms with van der Waals surface area (Å²) >= 11 is 0. The number of nitrogens with zero attached hydrogens (tertiary/aromatic N) is 2. The average Bonchev–Trinajstić information content (AvgIpc) is 2.29. The Hall–Kier alpha value is -1.53. The molecular formula is C11H17N3O3. The van der Waals surface area contributed by atoms with Crippen molar-refractivity contribution in [2.45, 2.75) is 26.4 Å². The summed E-state index contributed by atoms with van der Waals surface area (Å²) in [5.41, 5.74) is 0.275. The minimum atomic E-state index is -1.32. The van der Waals surface area contributed by atoms with E-state index in [2.05, 4.69) is 15.5 Å². The number of carbonyl (C=O) groups is 1.